The van der Waals surface area contributed by atoms with Gasteiger partial charge in [0.15, 0.2) is 0 Å². The number of benzene rings is 2. The van der Waals surface area contributed by atoms with Crippen molar-refractivity contribution in [1.29, 1.82) is 0 Å². The van der Waals surface area contributed by atoms with Gasteiger partial charge in [0, 0.05) is 18.3 Å². The molecule has 0 unspecified atom stereocenters. The molecule has 0 saturated heterocycles. The van der Waals surface area contributed by atoms with E-state index in [1.165, 1.54) is 22.3 Å². The van der Waals surface area contributed by atoms with Crippen LogP contribution in [0.3, 0.4) is 0 Å². The number of rotatable bonds is 7. The minimum Gasteiger partial charge on any atom is -0.376 e. The zero-order valence-corrected chi connectivity index (χ0v) is 17.5. The van der Waals surface area contributed by atoms with E-state index < -0.39 is 0 Å². The molecule has 0 amide bonds. The van der Waals surface area contributed by atoms with Crippen LogP contribution in [0.15, 0.2) is 85.1 Å². The van der Waals surface area contributed by atoms with E-state index in [2.05, 4.69) is 66.5 Å². The molecule has 0 N–H and O–H groups in total. The maximum absolute atomic E-state index is 5.94. The first-order chi connectivity index (χ1) is 14.7. The molecule has 0 aliphatic heterocycles. The summed E-state index contributed by atoms with van der Waals surface area (Å²) in [7, 11) is 0. The van der Waals surface area contributed by atoms with E-state index in [4.69, 9.17) is 9.72 Å². The first-order valence-corrected chi connectivity index (χ1v) is 10.3. The number of pyridine rings is 2. The van der Waals surface area contributed by atoms with E-state index in [9.17, 15) is 0 Å². The summed E-state index contributed by atoms with van der Waals surface area (Å²) < 4.78 is 5.94. The third-order valence-corrected chi connectivity index (χ3v) is 5.06. The lowest BCUT2D eigenvalue weighted by molar-refractivity contribution is 0.123. The summed E-state index contributed by atoms with van der Waals surface area (Å²) in [5.41, 5.74) is 8.87. The van der Waals surface area contributed by atoms with Gasteiger partial charge in [-0.05, 0) is 60.4 Å². The number of nitrogens with zero attached hydrogens (tertiary/aromatic N) is 2. The zero-order valence-electron chi connectivity index (χ0n) is 17.5. The van der Waals surface area contributed by atoms with Crippen LogP contribution >= 0.6 is 0 Å². The van der Waals surface area contributed by atoms with Gasteiger partial charge in [0.2, 0.25) is 0 Å². The zero-order chi connectivity index (χ0) is 20.8. The Labute approximate surface area is 178 Å². The average molecular weight is 395 g/mol. The van der Waals surface area contributed by atoms with Gasteiger partial charge in [-0.3, -0.25) is 9.97 Å². The summed E-state index contributed by atoms with van der Waals surface area (Å²) in [6.45, 7) is 5.37. The second-order valence-corrected chi connectivity index (χ2v) is 7.60. The summed E-state index contributed by atoms with van der Waals surface area (Å²) in [4.78, 5) is 9.21. The molecule has 2 heterocycles. The maximum atomic E-state index is 5.94. The smallest absolute Gasteiger partial charge is 0.0889 e. The Balaban J connectivity index is 1.33. The highest BCUT2D eigenvalue weighted by atomic mass is 16.5. The van der Waals surface area contributed by atoms with Crippen molar-refractivity contribution >= 4 is 0 Å². The summed E-state index contributed by atoms with van der Waals surface area (Å²) in [6.07, 6.45) is 2.65. The molecule has 0 atom stereocenters. The quantitative estimate of drug-likeness (QED) is 0.351. The molecule has 0 spiro atoms. The van der Waals surface area contributed by atoms with Crippen LogP contribution in [0, 0.1) is 13.8 Å². The number of hydrogen-bond donors (Lipinski definition) is 0. The molecule has 0 bridgehead atoms. The average Bonchev–Trinajstić information content (AvgIpc) is 2.78. The van der Waals surface area contributed by atoms with E-state index >= 15 is 0 Å². The molecule has 0 aliphatic rings. The van der Waals surface area contributed by atoms with Gasteiger partial charge >= 0.3 is 0 Å². The predicted molar refractivity (Wildman–Crippen MR) is 122 cm³/mol. The summed E-state index contributed by atoms with van der Waals surface area (Å²) in [6, 6.07) is 27.3. The van der Waals surface area contributed by atoms with E-state index in [0.717, 1.165) is 29.1 Å². The molecule has 4 aromatic rings. The molecule has 30 heavy (non-hydrogen) atoms. The molecule has 3 nitrogen and oxygen atoms in total. The Morgan fingerprint density at radius 1 is 0.733 bits per heavy atom. The van der Waals surface area contributed by atoms with Gasteiger partial charge < -0.3 is 4.74 Å². The Morgan fingerprint density at radius 2 is 1.53 bits per heavy atom. The van der Waals surface area contributed by atoms with Crippen LogP contribution in [0.5, 0.6) is 0 Å². The van der Waals surface area contributed by atoms with Crippen molar-refractivity contribution in [3.8, 4) is 22.5 Å². The van der Waals surface area contributed by atoms with Crippen LogP contribution in [0.25, 0.3) is 22.5 Å². The van der Waals surface area contributed by atoms with Gasteiger partial charge in [0.1, 0.15) is 0 Å². The van der Waals surface area contributed by atoms with E-state index in [1.54, 1.807) is 0 Å². The van der Waals surface area contributed by atoms with Crippen molar-refractivity contribution in [1.82, 2.24) is 9.97 Å². The van der Waals surface area contributed by atoms with Crippen LogP contribution in [0.2, 0.25) is 0 Å². The Bertz CT molecular complexity index is 1010. The van der Waals surface area contributed by atoms with Crippen LogP contribution in [-0.4, -0.2) is 16.6 Å². The highest BCUT2D eigenvalue weighted by Gasteiger charge is 2.04. The second-order valence-electron chi connectivity index (χ2n) is 7.60. The van der Waals surface area contributed by atoms with Crippen molar-refractivity contribution in [2.45, 2.75) is 26.9 Å². The second kappa shape index (κ2) is 9.47. The number of aryl methyl sites for hydroxylation is 2. The summed E-state index contributed by atoms with van der Waals surface area (Å²) in [5.74, 6) is 0. The lowest BCUT2D eigenvalue weighted by Crippen LogP contribution is -2.02. The minimum atomic E-state index is 0.596. The van der Waals surface area contributed by atoms with Gasteiger partial charge in [0.25, 0.3) is 0 Å². The van der Waals surface area contributed by atoms with Gasteiger partial charge in [-0.2, -0.15) is 0 Å². The number of aromatic nitrogens is 2. The molecular weight excluding hydrogens is 368 g/mol. The van der Waals surface area contributed by atoms with Gasteiger partial charge in [-0.25, -0.2) is 0 Å². The van der Waals surface area contributed by atoms with Crippen molar-refractivity contribution in [2.75, 3.05) is 6.61 Å². The predicted octanol–water partition coefficient (Wildman–Crippen LogP) is 6.19. The summed E-state index contributed by atoms with van der Waals surface area (Å²) >= 11 is 0. The van der Waals surface area contributed by atoms with E-state index in [0.29, 0.717) is 13.2 Å². The fourth-order valence-corrected chi connectivity index (χ4v) is 3.33. The van der Waals surface area contributed by atoms with Gasteiger partial charge in [-0.15, -0.1) is 0 Å². The van der Waals surface area contributed by atoms with Crippen LogP contribution in [0.1, 0.15) is 22.4 Å². The molecule has 2 aromatic heterocycles. The number of ether oxygens (including phenoxy) is 1. The van der Waals surface area contributed by atoms with E-state index in [-0.39, 0.29) is 0 Å². The Hall–Kier alpha value is -3.30. The van der Waals surface area contributed by atoms with Crippen LogP contribution in [0.4, 0.5) is 0 Å². The summed E-state index contributed by atoms with van der Waals surface area (Å²) in [5, 5.41) is 0. The standard InChI is InChI=1S/C27H26N2O/c1-20-9-12-23(13-10-20)24-6-3-5-22(17-24)19-30-16-15-25-7-4-8-27(29-25)26-14-11-21(2)18-28-26/h3-14,17-18H,15-16,19H2,1-2H3. The molecule has 0 fully saturated rings. The molecule has 4 rings (SSSR count). The fraction of sp³-hybridized carbons (Fsp3) is 0.185. The lowest BCUT2D eigenvalue weighted by Gasteiger charge is -2.08. The third kappa shape index (κ3) is 5.19. The SMILES string of the molecule is Cc1ccc(-c2cccc(COCCc3cccc(-c4ccc(C)cn4)n3)c2)cc1. The maximum Gasteiger partial charge on any atom is 0.0889 e. The highest BCUT2D eigenvalue weighted by Crippen LogP contribution is 2.21. The first kappa shape index (κ1) is 20.0. The highest BCUT2D eigenvalue weighted by molar-refractivity contribution is 5.64. The molecule has 3 heteroatoms. The molecule has 0 saturated carbocycles. The third-order valence-electron chi connectivity index (χ3n) is 5.06. The largest absolute Gasteiger partial charge is 0.376 e. The fourth-order valence-electron chi connectivity index (χ4n) is 3.33. The van der Waals surface area contributed by atoms with Crippen LogP contribution < -0.4 is 0 Å². The van der Waals surface area contributed by atoms with E-state index in [1.807, 2.05) is 37.4 Å². The molecule has 0 radical (unpaired) electrons. The van der Waals surface area contributed by atoms with Gasteiger partial charge in [0.05, 0.1) is 24.6 Å². The lowest BCUT2D eigenvalue weighted by atomic mass is 10.0. The number of hydrogen-bond acceptors (Lipinski definition) is 3. The van der Waals surface area contributed by atoms with Crippen molar-refractivity contribution in [3.63, 3.8) is 0 Å². The first-order valence-electron chi connectivity index (χ1n) is 10.3. The normalized spacial score (nSPS) is 10.9. The Morgan fingerprint density at radius 3 is 2.33 bits per heavy atom. The van der Waals surface area contributed by atoms with Gasteiger partial charge in [-0.1, -0.05) is 60.2 Å². The molecular formula is C27H26N2O. The molecule has 0 aliphatic carbocycles. The monoisotopic (exact) mass is 394 g/mol. The molecule has 150 valence electrons. The van der Waals surface area contributed by atoms with Crippen molar-refractivity contribution in [3.05, 3.63) is 107 Å². The van der Waals surface area contributed by atoms with Crippen molar-refractivity contribution < 1.29 is 4.74 Å². The minimum absolute atomic E-state index is 0.596. The topological polar surface area (TPSA) is 35.0 Å². The van der Waals surface area contributed by atoms with Crippen molar-refractivity contribution in [2.24, 2.45) is 0 Å². The molecule has 2 aromatic carbocycles. The Kier molecular flexibility index (Phi) is 6.31. The van der Waals surface area contributed by atoms with Crippen LogP contribution in [-0.2, 0) is 17.8 Å².